The van der Waals surface area contributed by atoms with E-state index in [1.165, 1.54) is 17.1 Å². The zero-order valence-electron chi connectivity index (χ0n) is 13.5. The second-order valence-corrected chi connectivity index (χ2v) is 5.54. The predicted octanol–water partition coefficient (Wildman–Crippen LogP) is 0.750. The minimum absolute atomic E-state index is 0.00671. The Morgan fingerprint density at radius 2 is 2.08 bits per heavy atom. The molecule has 2 heterocycles. The van der Waals surface area contributed by atoms with Crippen LogP contribution in [0.2, 0.25) is 0 Å². The lowest BCUT2D eigenvalue weighted by Crippen LogP contribution is -2.51. The molecule has 1 aromatic carbocycles. The number of pyridine rings is 1. The van der Waals surface area contributed by atoms with Crippen LogP contribution in [0.5, 0.6) is 0 Å². The third kappa shape index (κ3) is 4.41. The average molecular weight is 339 g/mol. The Bertz CT molecular complexity index is 847. The molecule has 0 unspecified atom stereocenters. The van der Waals surface area contributed by atoms with E-state index in [0.29, 0.717) is 18.8 Å². The first-order chi connectivity index (χ1) is 12.1. The Labute approximate surface area is 144 Å². The number of nitrogens with one attached hydrogen (secondary N) is 1. The molecule has 7 heteroatoms. The fourth-order valence-corrected chi connectivity index (χ4v) is 2.45. The van der Waals surface area contributed by atoms with Crippen molar-refractivity contribution < 1.29 is 19.1 Å². The first-order valence-corrected chi connectivity index (χ1v) is 7.87. The number of rotatable bonds is 4. The van der Waals surface area contributed by atoms with Crippen LogP contribution in [0.3, 0.4) is 0 Å². The lowest BCUT2D eigenvalue weighted by Gasteiger charge is -2.26. The maximum absolute atomic E-state index is 11.9. The number of hydrogen-bond acceptors (Lipinski definition) is 5. The van der Waals surface area contributed by atoms with Gasteiger partial charge in [0.15, 0.2) is 6.61 Å². The number of piperazine rings is 1. The zero-order valence-corrected chi connectivity index (χ0v) is 13.5. The van der Waals surface area contributed by atoms with Crippen LogP contribution < -0.4 is 5.32 Å². The first-order valence-electron chi connectivity index (χ1n) is 7.87. The van der Waals surface area contributed by atoms with Crippen molar-refractivity contribution in [3.8, 4) is 0 Å². The van der Waals surface area contributed by atoms with Crippen LogP contribution >= 0.6 is 0 Å². The van der Waals surface area contributed by atoms with Gasteiger partial charge < -0.3 is 15.0 Å². The third-order valence-corrected chi connectivity index (χ3v) is 3.74. The monoisotopic (exact) mass is 339 g/mol. The van der Waals surface area contributed by atoms with E-state index in [4.69, 9.17) is 4.74 Å². The van der Waals surface area contributed by atoms with Gasteiger partial charge in [-0.2, -0.15) is 0 Å². The minimum Gasteiger partial charge on any atom is -0.452 e. The van der Waals surface area contributed by atoms with Crippen molar-refractivity contribution in [1.29, 1.82) is 0 Å². The van der Waals surface area contributed by atoms with Crippen LogP contribution in [0, 0.1) is 0 Å². The molecule has 1 aliphatic rings. The molecule has 1 aliphatic heterocycles. The van der Waals surface area contributed by atoms with E-state index >= 15 is 0 Å². The summed E-state index contributed by atoms with van der Waals surface area (Å²) in [5.41, 5.74) is 1.45. The van der Waals surface area contributed by atoms with Gasteiger partial charge in [0.25, 0.3) is 5.91 Å². The number of esters is 1. The molecular weight excluding hydrogens is 322 g/mol. The molecule has 2 aromatic rings. The number of hydrogen-bond donors (Lipinski definition) is 1. The summed E-state index contributed by atoms with van der Waals surface area (Å²) in [7, 11) is 0. The van der Waals surface area contributed by atoms with Crippen molar-refractivity contribution in [3.63, 3.8) is 0 Å². The molecule has 2 amide bonds. The largest absolute Gasteiger partial charge is 0.452 e. The van der Waals surface area contributed by atoms with Crippen LogP contribution in [0.1, 0.15) is 5.69 Å². The molecule has 1 saturated heterocycles. The van der Waals surface area contributed by atoms with E-state index in [1.54, 1.807) is 6.07 Å². The summed E-state index contributed by atoms with van der Waals surface area (Å²) in [6, 6.07) is 11.4. The molecule has 25 heavy (non-hydrogen) atoms. The van der Waals surface area contributed by atoms with Gasteiger partial charge in [0.05, 0.1) is 17.8 Å². The number of benzene rings is 1. The van der Waals surface area contributed by atoms with Crippen LogP contribution in [-0.4, -0.2) is 53.9 Å². The Balaban J connectivity index is 1.53. The molecule has 1 fully saturated rings. The standard InChI is InChI=1S/C18H17N3O4/c22-16-11-21(10-9-19-16)17(23)12-25-18(24)8-7-14-6-5-13-3-1-2-4-15(13)20-14/h1-8H,9-12H2,(H,19,22). The molecule has 1 aromatic heterocycles. The van der Waals surface area contributed by atoms with Gasteiger partial charge in [-0.05, 0) is 18.2 Å². The second kappa shape index (κ2) is 7.57. The summed E-state index contributed by atoms with van der Waals surface area (Å²) in [4.78, 5) is 40.7. The van der Waals surface area contributed by atoms with Crippen LogP contribution in [0.15, 0.2) is 42.5 Å². The average Bonchev–Trinajstić information content (AvgIpc) is 2.64. The van der Waals surface area contributed by atoms with E-state index < -0.39 is 5.97 Å². The van der Waals surface area contributed by atoms with E-state index in [0.717, 1.165) is 10.9 Å². The molecule has 7 nitrogen and oxygen atoms in total. The summed E-state index contributed by atoms with van der Waals surface area (Å²) in [5, 5.41) is 3.64. The highest BCUT2D eigenvalue weighted by Crippen LogP contribution is 2.12. The number of carbonyl (C=O) groups is 3. The van der Waals surface area contributed by atoms with Crippen molar-refractivity contribution in [2.24, 2.45) is 0 Å². The summed E-state index contributed by atoms with van der Waals surface area (Å²) in [6.07, 6.45) is 2.76. The fourth-order valence-electron chi connectivity index (χ4n) is 2.45. The summed E-state index contributed by atoms with van der Waals surface area (Å²) < 4.78 is 4.93. The smallest absolute Gasteiger partial charge is 0.331 e. The summed E-state index contributed by atoms with van der Waals surface area (Å²) in [6.45, 7) is 0.430. The van der Waals surface area contributed by atoms with Crippen LogP contribution in [0.4, 0.5) is 0 Å². The molecule has 0 atom stereocenters. The Morgan fingerprint density at radius 3 is 2.92 bits per heavy atom. The molecule has 1 N–H and O–H groups in total. The molecule has 0 saturated carbocycles. The predicted molar refractivity (Wildman–Crippen MR) is 91.3 cm³/mol. The van der Waals surface area contributed by atoms with Crippen molar-refractivity contribution in [3.05, 3.63) is 48.2 Å². The Morgan fingerprint density at radius 1 is 1.24 bits per heavy atom. The molecule has 0 aliphatic carbocycles. The van der Waals surface area contributed by atoms with Crippen molar-refractivity contribution in [1.82, 2.24) is 15.2 Å². The van der Waals surface area contributed by atoms with Crippen LogP contribution in [0.25, 0.3) is 17.0 Å². The number of carbonyl (C=O) groups excluding carboxylic acids is 3. The van der Waals surface area contributed by atoms with Gasteiger partial charge in [-0.3, -0.25) is 9.59 Å². The van der Waals surface area contributed by atoms with Gasteiger partial charge in [-0.15, -0.1) is 0 Å². The van der Waals surface area contributed by atoms with Crippen molar-refractivity contribution in [2.45, 2.75) is 0 Å². The van der Waals surface area contributed by atoms with E-state index in [1.807, 2.05) is 30.3 Å². The third-order valence-electron chi connectivity index (χ3n) is 3.74. The number of para-hydroxylation sites is 1. The highest BCUT2D eigenvalue weighted by atomic mass is 16.5. The minimum atomic E-state index is -0.634. The van der Waals surface area contributed by atoms with Gasteiger partial charge in [-0.25, -0.2) is 9.78 Å². The van der Waals surface area contributed by atoms with Gasteiger partial charge in [0.2, 0.25) is 5.91 Å². The Kier molecular flexibility index (Phi) is 5.03. The normalized spacial score (nSPS) is 14.6. The van der Waals surface area contributed by atoms with E-state index in [-0.39, 0.29) is 25.0 Å². The zero-order chi connectivity index (χ0) is 17.6. The van der Waals surface area contributed by atoms with Gasteiger partial charge in [-0.1, -0.05) is 24.3 Å². The molecule has 128 valence electrons. The summed E-state index contributed by atoms with van der Waals surface area (Å²) >= 11 is 0. The SMILES string of the molecule is O=C1CN(C(=O)COC(=O)C=Cc2ccc3ccccc3n2)CCN1. The number of nitrogens with zero attached hydrogens (tertiary/aromatic N) is 2. The highest BCUT2D eigenvalue weighted by molar-refractivity contribution is 5.91. The van der Waals surface area contributed by atoms with Crippen molar-refractivity contribution >= 4 is 34.8 Å². The van der Waals surface area contributed by atoms with Gasteiger partial charge in [0, 0.05) is 24.6 Å². The van der Waals surface area contributed by atoms with Crippen LogP contribution in [-0.2, 0) is 19.1 Å². The molecule has 0 radical (unpaired) electrons. The maximum atomic E-state index is 11.9. The quantitative estimate of drug-likeness (QED) is 0.656. The molecule has 0 spiro atoms. The van der Waals surface area contributed by atoms with Gasteiger partial charge in [0.1, 0.15) is 0 Å². The maximum Gasteiger partial charge on any atom is 0.331 e. The van der Waals surface area contributed by atoms with Gasteiger partial charge >= 0.3 is 5.97 Å². The number of aromatic nitrogens is 1. The first kappa shape index (κ1) is 16.6. The number of ether oxygens (including phenoxy) is 1. The lowest BCUT2D eigenvalue weighted by atomic mass is 10.2. The topological polar surface area (TPSA) is 88.6 Å². The number of amides is 2. The summed E-state index contributed by atoms with van der Waals surface area (Å²) in [5.74, 6) is -1.24. The Hall–Kier alpha value is -3.22. The molecule has 0 bridgehead atoms. The van der Waals surface area contributed by atoms with E-state index in [2.05, 4.69) is 10.3 Å². The molecular formula is C18H17N3O4. The fraction of sp³-hybridized carbons (Fsp3) is 0.222. The highest BCUT2D eigenvalue weighted by Gasteiger charge is 2.21. The van der Waals surface area contributed by atoms with E-state index in [9.17, 15) is 14.4 Å². The second-order valence-electron chi connectivity index (χ2n) is 5.54. The number of fused-ring (bicyclic) bond motifs is 1. The van der Waals surface area contributed by atoms with Crippen molar-refractivity contribution in [2.75, 3.05) is 26.2 Å². The lowest BCUT2D eigenvalue weighted by molar-refractivity contribution is -0.149. The molecule has 3 rings (SSSR count).